The molecule has 4 rings (SSSR count). The molecule has 1 aliphatic rings. The van der Waals surface area contributed by atoms with E-state index in [9.17, 15) is 0 Å². The molecule has 3 aromatic rings. The average molecular weight is 287 g/mol. The highest BCUT2D eigenvalue weighted by Gasteiger charge is 2.17. The van der Waals surface area contributed by atoms with Crippen LogP contribution in [0.3, 0.4) is 0 Å². The molecule has 0 amide bonds. The zero-order valence-electron chi connectivity index (χ0n) is 11.4. The number of hydrogen-bond donors (Lipinski definition) is 0. The van der Waals surface area contributed by atoms with Gasteiger partial charge in [-0.1, -0.05) is 72.4 Å². The van der Waals surface area contributed by atoms with Gasteiger partial charge in [-0.15, -0.1) is 0 Å². The summed E-state index contributed by atoms with van der Waals surface area (Å²) in [6, 6.07) is 27.2. The van der Waals surface area contributed by atoms with E-state index in [4.69, 9.17) is 4.99 Å². The molecule has 0 bridgehead atoms. The van der Waals surface area contributed by atoms with E-state index in [1.54, 1.807) is 11.8 Å². The molecule has 0 radical (unpaired) electrons. The standard InChI is InChI=1S/C19H13NS/c1-2-8-14(9-3-1)19-15-10-4-6-12-17(15)21-18-13-7-5-11-16(18)20-19/h1-13H. The molecule has 0 fully saturated rings. The highest BCUT2D eigenvalue weighted by Crippen LogP contribution is 2.40. The van der Waals surface area contributed by atoms with Crippen LogP contribution in [-0.2, 0) is 0 Å². The zero-order valence-corrected chi connectivity index (χ0v) is 12.2. The van der Waals surface area contributed by atoms with E-state index in [0.29, 0.717) is 0 Å². The minimum Gasteiger partial charge on any atom is -0.247 e. The molecule has 0 saturated heterocycles. The first-order valence-corrected chi connectivity index (χ1v) is 7.74. The number of fused-ring (bicyclic) bond motifs is 2. The summed E-state index contributed by atoms with van der Waals surface area (Å²) in [4.78, 5) is 7.41. The van der Waals surface area contributed by atoms with Crippen molar-refractivity contribution < 1.29 is 0 Å². The summed E-state index contributed by atoms with van der Waals surface area (Å²) < 4.78 is 0. The Labute approximate surface area is 128 Å². The zero-order chi connectivity index (χ0) is 14.1. The SMILES string of the molecule is c1ccc(C2=Nc3ccccc3Sc3ccccc32)cc1. The van der Waals surface area contributed by atoms with Gasteiger partial charge in [-0.05, 0) is 18.2 Å². The van der Waals surface area contributed by atoms with Gasteiger partial charge in [-0.25, -0.2) is 4.99 Å². The summed E-state index contributed by atoms with van der Waals surface area (Å²) in [5, 5.41) is 0. The number of hydrogen-bond acceptors (Lipinski definition) is 2. The average Bonchev–Trinajstić information content (AvgIpc) is 2.72. The molecule has 0 N–H and O–H groups in total. The summed E-state index contributed by atoms with van der Waals surface area (Å²) in [5.41, 5.74) is 4.44. The molecule has 0 saturated carbocycles. The van der Waals surface area contributed by atoms with Gasteiger partial charge < -0.3 is 0 Å². The van der Waals surface area contributed by atoms with E-state index in [1.807, 2.05) is 12.1 Å². The number of nitrogens with zero attached hydrogens (tertiary/aromatic N) is 1. The minimum atomic E-state index is 1.04. The Bertz CT molecular complexity index is 822. The van der Waals surface area contributed by atoms with Crippen molar-refractivity contribution in [2.75, 3.05) is 0 Å². The predicted octanol–water partition coefficient (Wildman–Crippen LogP) is 5.32. The summed E-state index contributed by atoms with van der Waals surface area (Å²) >= 11 is 1.79. The predicted molar refractivity (Wildman–Crippen MR) is 88.7 cm³/mol. The van der Waals surface area contributed by atoms with Crippen LogP contribution in [0.4, 0.5) is 5.69 Å². The van der Waals surface area contributed by atoms with Gasteiger partial charge in [0.05, 0.1) is 11.4 Å². The Hall–Kier alpha value is -2.32. The minimum absolute atomic E-state index is 1.04. The molecule has 0 unspecified atom stereocenters. The van der Waals surface area contributed by atoms with E-state index < -0.39 is 0 Å². The molecule has 0 aromatic heterocycles. The van der Waals surface area contributed by atoms with Crippen LogP contribution in [0.25, 0.3) is 0 Å². The lowest BCUT2D eigenvalue weighted by atomic mass is 10.0. The monoisotopic (exact) mass is 287 g/mol. The second-order valence-electron chi connectivity index (χ2n) is 4.89. The lowest BCUT2D eigenvalue weighted by Crippen LogP contribution is -2.03. The van der Waals surface area contributed by atoms with Gasteiger partial charge in [0.1, 0.15) is 0 Å². The summed E-state index contributed by atoms with van der Waals surface area (Å²) in [5.74, 6) is 0. The van der Waals surface area contributed by atoms with Crippen LogP contribution in [0.15, 0.2) is 93.6 Å². The lowest BCUT2D eigenvalue weighted by molar-refractivity contribution is 1.38. The Kier molecular flexibility index (Phi) is 3.09. The van der Waals surface area contributed by atoms with Gasteiger partial charge in [-0.3, -0.25) is 0 Å². The third kappa shape index (κ3) is 2.28. The third-order valence-electron chi connectivity index (χ3n) is 3.51. The van der Waals surface area contributed by atoms with Gasteiger partial charge in [0.15, 0.2) is 0 Å². The fraction of sp³-hybridized carbons (Fsp3) is 0. The van der Waals surface area contributed by atoms with Crippen LogP contribution in [0, 0.1) is 0 Å². The van der Waals surface area contributed by atoms with Crippen molar-refractivity contribution >= 4 is 23.2 Å². The molecular formula is C19H13NS. The molecule has 1 aliphatic heterocycles. The third-order valence-corrected chi connectivity index (χ3v) is 4.65. The molecule has 2 heteroatoms. The Morgan fingerprint density at radius 3 is 2.14 bits per heavy atom. The van der Waals surface area contributed by atoms with Gasteiger partial charge in [0, 0.05) is 20.9 Å². The van der Waals surface area contributed by atoms with Crippen molar-refractivity contribution in [3.63, 3.8) is 0 Å². The molecule has 0 spiro atoms. The molecule has 3 aromatic carbocycles. The normalized spacial score (nSPS) is 12.9. The van der Waals surface area contributed by atoms with Crippen molar-refractivity contribution in [3.8, 4) is 0 Å². The molecule has 0 atom stereocenters. The van der Waals surface area contributed by atoms with Gasteiger partial charge in [0.25, 0.3) is 0 Å². The Morgan fingerprint density at radius 1 is 0.619 bits per heavy atom. The number of aliphatic imine (C=N–C) groups is 1. The summed E-state index contributed by atoms with van der Waals surface area (Å²) in [6.45, 7) is 0. The number of para-hydroxylation sites is 1. The molecular weight excluding hydrogens is 274 g/mol. The second-order valence-corrected chi connectivity index (χ2v) is 5.98. The van der Waals surface area contributed by atoms with Crippen molar-refractivity contribution in [3.05, 3.63) is 90.0 Å². The molecule has 21 heavy (non-hydrogen) atoms. The molecule has 100 valence electrons. The van der Waals surface area contributed by atoms with Crippen molar-refractivity contribution in [2.45, 2.75) is 9.79 Å². The van der Waals surface area contributed by atoms with Crippen molar-refractivity contribution in [1.82, 2.24) is 0 Å². The first kappa shape index (κ1) is 12.4. The molecule has 0 aliphatic carbocycles. The maximum atomic E-state index is 4.95. The van der Waals surface area contributed by atoms with E-state index >= 15 is 0 Å². The van der Waals surface area contributed by atoms with Crippen molar-refractivity contribution in [1.29, 1.82) is 0 Å². The fourth-order valence-corrected chi connectivity index (χ4v) is 3.53. The molecule has 1 nitrogen and oxygen atoms in total. The van der Waals surface area contributed by atoms with Gasteiger partial charge >= 0.3 is 0 Å². The van der Waals surface area contributed by atoms with Crippen LogP contribution in [-0.4, -0.2) is 5.71 Å². The quantitative estimate of drug-likeness (QED) is 0.461. The topological polar surface area (TPSA) is 12.4 Å². The van der Waals surface area contributed by atoms with E-state index in [-0.39, 0.29) is 0 Å². The lowest BCUT2D eigenvalue weighted by Gasteiger charge is -2.08. The van der Waals surface area contributed by atoms with Crippen LogP contribution < -0.4 is 0 Å². The van der Waals surface area contributed by atoms with Crippen molar-refractivity contribution in [2.24, 2.45) is 4.99 Å². The van der Waals surface area contributed by atoms with Crippen LogP contribution in [0.5, 0.6) is 0 Å². The van der Waals surface area contributed by atoms with Crippen LogP contribution >= 0.6 is 11.8 Å². The summed E-state index contributed by atoms with van der Waals surface area (Å²) in [6.07, 6.45) is 0. The van der Waals surface area contributed by atoms with Crippen LogP contribution in [0.2, 0.25) is 0 Å². The van der Waals surface area contributed by atoms with E-state index in [0.717, 1.165) is 17.0 Å². The fourth-order valence-electron chi connectivity index (χ4n) is 2.50. The van der Waals surface area contributed by atoms with Crippen LogP contribution in [0.1, 0.15) is 11.1 Å². The van der Waals surface area contributed by atoms with E-state index in [2.05, 4.69) is 66.7 Å². The van der Waals surface area contributed by atoms with Gasteiger partial charge in [0.2, 0.25) is 0 Å². The summed E-state index contributed by atoms with van der Waals surface area (Å²) in [7, 11) is 0. The molecule has 1 heterocycles. The van der Waals surface area contributed by atoms with E-state index in [1.165, 1.54) is 15.4 Å². The smallest absolute Gasteiger partial charge is 0.0793 e. The highest BCUT2D eigenvalue weighted by atomic mass is 32.2. The number of benzene rings is 3. The maximum Gasteiger partial charge on any atom is 0.0793 e. The second kappa shape index (κ2) is 5.23. The maximum absolute atomic E-state index is 4.95. The first-order chi connectivity index (χ1) is 10.4. The largest absolute Gasteiger partial charge is 0.247 e. The highest BCUT2D eigenvalue weighted by molar-refractivity contribution is 7.99. The van der Waals surface area contributed by atoms with Gasteiger partial charge in [-0.2, -0.15) is 0 Å². The Morgan fingerprint density at radius 2 is 1.29 bits per heavy atom. The number of rotatable bonds is 1. The Balaban J connectivity index is 2.00. The first-order valence-electron chi connectivity index (χ1n) is 6.92.